The second kappa shape index (κ2) is 17.6. The average molecular weight is 950 g/mol. The number of alkyl halides is 3. The highest BCUT2D eigenvalue weighted by molar-refractivity contribution is 6.23. The van der Waals surface area contributed by atoms with Crippen molar-refractivity contribution < 1.29 is 41.5 Å². The number of benzene rings is 3. The number of piperazine rings is 1. The highest BCUT2D eigenvalue weighted by atomic mass is 19.4. The molecule has 360 valence electrons. The Bertz CT molecular complexity index is 2860. The average Bonchev–Trinajstić information content (AvgIpc) is 4.11. The molecule has 3 atom stereocenters. The number of H-pyrrole nitrogens is 1. The van der Waals surface area contributed by atoms with E-state index in [4.69, 9.17) is 0 Å². The Balaban J connectivity index is 0.712. The molecule has 0 radical (unpaired) electrons. The number of hydrogen-bond acceptors (Lipinski definition) is 11. The fourth-order valence-electron chi connectivity index (χ4n) is 10.5. The number of aromatic amines is 1. The van der Waals surface area contributed by atoms with Gasteiger partial charge in [-0.2, -0.15) is 23.4 Å². The van der Waals surface area contributed by atoms with E-state index in [9.17, 15) is 37.1 Å². The summed E-state index contributed by atoms with van der Waals surface area (Å²) in [6.45, 7) is 7.79. The Kier molecular flexibility index (Phi) is 11.7. The molecule has 3 aromatic carbocycles. The molecule has 5 aromatic rings. The lowest BCUT2D eigenvalue weighted by Gasteiger charge is -2.46. The third-order valence-electron chi connectivity index (χ3n) is 14.6. The van der Waals surface area contributed by atoms with E-state index in [1.807, 2.05) is 24.0 Å². The number of likely N-dealkylation sites (tertiary alicyclic amines) is 1. The lowest BCUT2D eigenvalue weighted by Crippen LogP contribution is -2.57. The van der Waals surface area contributed by atoms with Crippen LogP contribution in [0.5, 0.6) is 0 Å². The van der Waals surface area contributed by atoms with Crippen molar-refractivity contribution in [3.63, 3.8) is 0 Å². The van der Waals surface area contributed by atoms with Gasteiger partial charge in [-0.15, -0.1) is 0 Å². The zero-order valence-corrected chi connectivity index (χ0v) is 38.3. The molecule has 0 spiro atoms. The first-order valence-electron chi connectivity index (χ1n) is 23.2. The van der Waals surface area contributed by atoms with E-state index in [2.05, 4.69) is 71.0 Å². The summed E-state index contributed by atoms with van der Waals surface area (Å²) >= 11 is 0. The monoisotopic (exact) mass is 949 g/mol. The minimum atomic E-state index is -4.54. The SMILES string of the molecule is Cc1cc(-c2ccc(CN3C4CCC3CN(C3CCN(c5cc6c(cc5F)C(=O)N(C5CCC(=O)NC5=O)C6=O)CC3)C4)cc2)ccc1-n1cc(C(=O)NCc2nc(C(C)(C)C(F)(F)F)n[nH]2)cn1. The van der Waals surface area contributed by atoms with E-state index in [1.165, 1.54) is 17.8 Å². The van der Waals surface area contributed by atoms with Crippen LogP contribution in [0.25, 0.3) is 16.8 Å². The summed E-state index contributed by atoms with van der Waals surface area (Å²) in [6.07, 6.45) is 2.45. The fraction of sp³-hybridized carbons (Fsp3) is 0.429. The minimum absolute atomic E-state index is 0.00961. The third kappa shape index (κ3) is 8.57. The lowest BCUT2D eigenvalue weighted by atomic mass is 9.92. The van der Waals surface area contributed by atoms with Gasteiger partial charge < -0.3 is 10.2 Å². The predicted molar refractivity (Wildman–Crippen MR) is 243 cm³/mol. The van der Waals surface area contributed by atoms with Crippen molar-refractivity contribution in [2.75, 3.05) is 31.1 Å². The molecule has 5 aliphatic heterocycles. The summed E-state index contributed by atoms with van der Waals surface area (Å²) in [7, 11) is 0. The lowest BCUT2D eigenvalue weighted by molar-refractivity contribution is -0.182. The Morgan fingerprint density at radius 1 is 0.841 bits per heavy atom. The van der Waals surface area contributed by atoms with Crippen LogP contribution in [0.3, 0.4) is 0 Å². The van der Waals surface area contributed by atoms with Gasteiger partial charge in [-0.05, 0) is 99.4 Å². The summed E-state index contributed by atoms with van der Waals surface area (Å²) in [5.41, 5.74) is 3.37. The maximum absolute atomic E-state index is 15.6. The molecular weight excluding hydrogens is 899 g/mol. The van der Waals surface area contributed by atoms with E-state index in [-0.39, 0.29) is 47.6 Å². The molecule has 0 saturated carbocycles. The van der Waals surface area contributed by atoms with Crippen LogP contribution in [0, 0.1) is 12.7 Å². The van der Waals surface area contributed by atoms with Crippen LogP contribution in [0.15, 0.2) is 67.0 Å². The predicted octanol–water partition coefficient (Wildman–Crippen LogP) is 5.59. The number of nitrogens with zero attached hydrogens (tertiary/aromatic N) is 8. The first-order chi connectivity index (χ1) is 32.9. The van der Waals surface area contributed by atoms with Crippen molar-refractivity contribution >= 4 is 35.2 Å². The van der Waals surface area contributed by atoms with Gasteiger partial charge in [0.05, 0.1) is 40.8 Å². The second-order valence-corrected chi connectivity index (χ2v) is 19.3. The topological polar surface area (TPSA) is 182 Å². The molecular formula is C49H51F4N11O5. The zero-order valence-electron chi connectivity index (χ0n) is 38.3. The van der Waals surface area contributed by atoms with Gasteiger partial charge >= 0.3 is 6.18 Å². The minimum Gasteiger partial charge on any atom is -0.369 e. The van der Waals surface area contributed by atoms with Gasteiger partial charge in [0.25, 0.3) is 17.7 Å². The number of nitrogens with one attached hydrogen (secondary N) is 3. The Morgan fingerprint density at radius 3 is 2.19 bits per heavy atom. The summed E-state index contributed by atoms with van der Waals surface area (Å²) < 4.78 is 57.5. The molecule has 69 heavy (non-hydrogen) atoms. The standard InChI is InChI=1S/C49H51F4N11O5/c1-27-18-30(8-11-38(27)63-24-31(21-55-63)43(66)54-22-41-56-47(59-58-41)48(2,3)49(51,52)53)29-6-4-28(5-7-29)23-62-33-9-10-34(62)26-61(25-33)32-14-16-60(17-15-32)40-20-36-35(19-37(40)50)45(68)64(46(36)69)39-12-13-42(65)57-44(39)67/h4-8,11,18-21,24,32-34,39H,9-10,12-17,22-23,25-26H2,1-3H3,(H,54,66)(H,56,58,59)(H,57,65,67). The van der Waals surface area contributed by atoms with Gasteiger partial charge in [-0.3, -0.25) is 49.1 Å². The zero-order chi connectivity index (χ0) is 48.5. The molecule has 2 bridgehead atoms. The van der Waals surface area contributed by atoms with Gasteiger partial charge in [0.15, 0.2) is 5.82 Å². The van der Waals surface area contributed by atoms with Crippen LogP contribution in [-0.4, -0.2) is 126 Å². The maximum atomic E-state index is 15.6. The van der Waals surface area contributed by atoms with E-state index in [0.717, 1.165) is 92.5 Å². The number of imide groups is 2. The summed E-state index contributed by atoms with van der Waals surface area (Å²) in [5, 5.41) is 15.4. The second-order valence-electron chi connectivity index (χ2n) is 19.3. The van der Waals surface area contributed by atoms with Crippen molar-refractivity contribution in [3.8, 4) is 16.8 Å². The third-order valence-corrected chi connectivity index (χ3v) is 14.6. The fourth-order valence-corrected chi connectivity index (χ4v) is 10.5. The summed E-state index contributed by atoms with van der Waals surface area (Å²) in [4.78, 5) is 75.7. The van der Waals surface area contributed by atoms with Crippen molar-refractivity contribution in [1.82, 2.24) is 50.3 Å². The van der Waals surface area contributed by atoms with E-state index in [0.29, 0.717) is 31.2 Å². The van der Waals surface area contributed by atoms with Gasteiger partial charge in [0.1, 0.15) is 23.1 Å². The van der Waals surface area contributed by atoms with Gasteiger partial charge in [-0.25, -0.2) is 14.1 Å². The van der Waals surface area contributed by atoms with Crippen LogP contribution < -0.4 is 15.5 Å². The van der Waals surface area contributed by atoms with Crippen LogP contribution in [-0.2, 0) is 28.1 Å². The first-order valence-corrected chi connectivity index (χ1v) is 23.2. The van der Waals surface area contributed by atoms with Crippen molar-refractivity contribution in [2.24, 2.45) is 0 Å². The Labute approximate surface area is 394 Å². The van der Waals surface area contributed by atoms with Crippen LogP contribution in [0.4, 0.5) is 23.2 Å². The smallest absolute Gasteiger partial charge is 0.369 e. The Morgan fingerprint density at radius 2 is 1.52 bits per heavy atom. The van der Waals surface area contributed by atoms with E-state index in [1.54, 1.807) is 10.9 Å². The van der Waals surface area contributed by atoms with Crippen LogP contribution in [0.2, 0.25) is 0 Å². The number of amides is 5. The van der Waals surface area contributed by atoms with Gasteiger partial charge in [0, 0.05) is 63.5 Å². The maximum Gasteiger partial charge on any atom is 0.401 e. The van der Waals surface area contributed by atoms with Crippen molar-refractivity contribution in [3.05, 3.63) is 112 Å². The molecule has 7 heterocycles. The quantitative estimate of drug-likeness (QED) is 0.111. The number of carbonyl (C=O) groups is 5. The molecule has 16 nitrogen and oxygen atoms in total. The van der Waals surface area contributed by atoms with Crippen molar-refractivity contribution in [2.45, 2.75) is 108 Å². The summed E-state index contributed by atoms with van der Waals surface area (Å²) in [5.74, 6) is -3.89. The number of hydrogen-bond donors (Lipinski definition) is 3. The number of rotatable bonds is 11. The molecule has 0 aliphatic carbocycles. The number of halogens is 4. The molecule has 3 N–H and O–H groups in total. The Hall–Kier alpha value is -6.80. The molecule has 4 fully saturated rings. The molecule has 5 amide bonds. The van der Waals surface area contributed by atoms with E-state index < -0.39 is 58.8 Å². The molecule has 2 aromatic heterocycles. The normalized spacial score (nSPS) is 21.6. The summed E-state index contributed by atoms with van der Waals surface area (Å²) in [6, 6.07) is 17.3. The molecule has 3 unspecified atom stereocenters. The van der Waals surface area contributed by atoms with E-state index >= 15 is 4.39 Å². The highest BCUT2D eigenvalue weighted by Gasteiger charge is 2.51. The molecule has 20 heteroatoms. The number of piperidine rings is 2. The molecule has 4 saturated heterocycles. The van der Waals surface area contributed by atoms with Crippen molar-refractivity contribution in [1.29, 1.82) is 0 Å². The number of fused-ring (bicyclic) bond motifs is 3. The number of aromatic nitrogens is 5. The first kappa shape index (κ1) is 46.0. The van der Waals surface area contributed by atoms with Gasteiger partial charge in [-0.1, -0.05) is 30.3 Å². The molecule has 5 aliphatic rings. The molecule has 10 rings (SSSR count). The van der Waals surface area contributed by atoms with Gasteiger partial charge in [0.2, 0.25) is 11.8 Å². The van der Waals surface area contributed by atoms with Crippen LogP contribution >= 0.6 is 0 Å². The largest absolute Gasteiger partial charge is 0.401 e. The van der Waals surface area contributed by atoms with Crippen LogP contribution in [0.1, 0.15) is 106 Å². The number of anilines is 1. The number of aryl methyl sites for hydroxylation is 1. The number of carbonyl (C=O) groups excluding carboxylic acids is 5. The highest BCUT2D eigenvalue weighted by Crippen LogP contribution is 2.40.